The first-order valence-corrected chi connectivity index (χ1v) is 9.39. The summed E-state index contributed by atoms with van der Waals surface area (Å²) in [6, 6.07) is 19.2. The molecule has 0 bridgehead atoms. The van der Waals surface area contributed by atoms with Gasteiger partial charge in [0.25, 0.3) is 0 Å². The average molecular weight is 362 g/mol. The monoisotopic (exact) mass is 362 g/mol. The maximum absolute atomic E-state index is 5.46. The zero-order chi connectivity index (χ0) is 18.6. The van der Waals surface area contributed by atoms with Crippen molar-refractivity contribution in [3.05, 3.63) is 78.1 Å². The van der Waals surface area contributed by atoms with Crippen molar-refractivity contribution < 1.29 is 4.74 Å². The van der Waals surface area contributed by atoms with Crippen molar-refractivity contribution in [2.24, 2.45) is 0 Å². The molecule has 0 spiro atoms. The SMILES string of the molecule is COc1ccccc1-n1cc(CN2CCN(C)[C@@H](c3ccccc3)C2)cn1. The molecule has 140 valence electrons. The van der Waals surface area contributed by atoms with Gasteiger partial charge in [-0.25, -0.2) is 4.68 Å². The van der Waals surface area contributed by atoms with Crippen LogP contribution in [0.1, 0.15) is 17.2 Å². The first kappa shape index (κ1) is 17.8. The van der Waals surface area contributed by atoms with Gasteiger partial charge in [0.2, 0.25) is 0 Å². The van der Waals surface area contributed by atoms with Crippen molar-refractivity contribution in [3.63, 3.8) is 0 Å². The average Bonchev–Trinajstić information content (AvgIpc) is 3.18. The van der Waals surface area contributed by atoms with Gasteiger partial charge in [-0.2, -0.15) is 5.10 Å². The van der Waals surface area contributed by atoms with Crippen molar-refractivity contribution in [2.75, 3.05) is 33.8 Å². The normalized spacial score (nSPS) is 18.5. The van der Waals surface area contributed by atoms with E-state index in [1.807, 2.05) is 35.1 Å². The Morgan fingerprint density at radius 1 is 1.04 bits per heavy atom. The molecule has 1 aromatic heterocycles. The number of benzene rings is 2. The van der Waals surface area contributed by atoms with Gasteiger partial charge in [0, 0.05) is 44.0 Å². The summed E-state index contributed by atoms with van der Waals surface area (Å²) in [5, 5.41) is 4.55. The number of piperazine rings is 1. The second-order valence-corrected chi connectivity index (χ2v) is 7.11. The van der Waals surface area contributed by atoms with Gasteiger partial charge in [0.05, 0.1) is 13.3 Å². The van der Waals surface area contributed by atoms with Gasteiger partial charge in [0.1, 0.15) is 11.4 Å². The van der Waals surface area contributed by atoms with Gasteiger partial charge in [-0.05, 0) is 24.7 Å². The lowest BCUT2D eigenvalue weighted by Crippen LogP contribution is -2.46. The van der Waals surface area contributed by atoms with E-state index < -0.39 is 0 Å². The quantitative estimate of drug-likeness (QED) is 0.697. The predicted octanol–water partition coefficient (Wildman–Crippen LogP) is 3.37. The van der Waals surface area contributed by atoms with Gasteiger partial charge in [-0.15, -0.1) is 0 Å². The highest BCUT2D eigenvalue weighted by Gasteiger charge is 2.25. The number of aromatic nitrogens is 2. The number of methoxy groups -OCH3 is 1. The number of likely N-dealkylation sites (N-methyl/N-ethyl adjacent to an activating group) is 1. The summed E-state index contributed by atoms with van der Waals surface area (Å²) in [6.45, 7) is 4.08. The lowest BCUT2D eigenvalue weighted by atomic mass is 10.0. The first-order valence-electron chi connectivity index (χ1n) is 9.39. The number of hydrogen-bond acceptors (Lipinski definition) is 4. The second kappa shape index (κ2) is 7.94. The molecule has 0 radical (unpaired) electrons. The molecule has 0 aliphatic carbocycles. The van der Waals surface area contributed by atoms with Crippen LogP contribution in [0.25, 0.3) is 5.69 Å². The third kappa shape index (κ3) is 3.89. The third-order valence-electron chi connectivity index (χ3n) is 5.29. The molecular weight excluding hydrogens is 336 g/mol. The molecule has 1 saturated heterocycles. The Bertz CT molecular complexity index is 877. The highest BCUT2D eigenvalue weighted by Crippen LogP contribution is 2.25. The van der Waals surface area contributed by atoms with E-state index >= 15 is 0 Å². The summed E-state index contributed by atoms with van der Waals surface area (Å²) in [4.78, 5) is 4.96. The molecule has 1 aliphatic heterocycles. The minimum absolute atomic E-state index is 0.434. The van der Waals surface area contributed by atoms with Crippen molar-refractivity contribution >= 4 is 0 Å². The number of ether oxygens (including phenoxy) is 1. The standard InChI is InChI=1S/C22H26N4O/c1-24-12-13-25(17-21(24)19-8-4-3-5-9-19)15-18-14-23-26(16-18)20-10-6-7-11-22(20)27-2/h3-11,14,16,21H,12-13,15,17H2,1-2H3/t21-/m1/s1. The summed E-state index contributed by atoms with van der Waals surface area (Å²) < 4.78 is 7.36. The second-order valence-electron chi connectivity index (χ2n) is 7.11. The van der Waals surface area contributed by atoms with Crippen LogP contribution in [-0.4, -0.2) is 53.4 Å². The fourth-order valence-corrected chi connectivity index (χ4v) is 3.76. The fraction of sp³-hybridized carbons (Fsp3) is 0.318. The van der Waals surface area contributed by atoms with Crippen molar-refractivity contribution in [1.29, 1.82) is 0 Å². The van der Waals surface area contributed by atoms with E-state index in [9.17, 15) is 0 Å². The highest BCUT2D eigenvalue weighted by atomic mass is 16.5. The summed E-state index contributed by atoms with van der Waals surface area (Å²) in [5.41, 5.74) is 3.57. The Morgan fingerprint density at radius 2 is 1.81 bits per heavy atom. The maximum Gasteiger partial charge on any atom is 0.144 e. The lowest BCUT2D eigenvalue weighted by Gasteiger charge is -2.39. The molecule has 0 amide bonds. The molecule has 0 unspecified atom stereocenters. The molecule has 27 heavy (non-hydrogen) atoms. The van der Waals surface area contributed by atoms with E-state index in [1.54, 1.807) is 7.11 Å². The zero-order valence-corrected chi connectivity index (χ0v) is 16.0. The van der Waals surface area contributed by atoms with Crippen LogP contribution in [0.2, 0.25) is 0 Å². The number of rotatable bonds is 5. The molecule has 5 heteroatoms. The minimum atomic E-state index is 0.434. The Hall–Kier alpha value is -2.63. The van der Waals surface area contributed by atoms with E-state index in [2.05, 4.69) is 58.5 Å². The minimum Gasteiger partial charge on any atom is -0.494 e. The Labute approximate surface area is 160 Å². The van der Waals surface area contributed by atoms with E-state index in [0.717, 1.165) is 37.6 Å². The largest absolute Gasteiger partial charge is 0.494 e. The molecule has 3 aromatic rings. The molecular formula is C22H26N4O. The zero-order valence-electron chi connectivity index (χ0n) is 16.0. The molecule has 1 aliphatic rings. The first-order chi connectivity index (χ1) is 13.2. The van der Waals surface area contributed by atoms with E-state index in [-0.39, 0.29) is 0 Å². The third-order valence-corrected chi connectivity index (χ3v) is 5.29. The molecule has 0 N–H and O–H groups in total. The Morgan fingerprint density at radius 3 is 2.63 bits per heavy atom. The predicted molar refractivity (Wildman–Crippen MR) is 107 cm³/mol. The van der Waals surface area contributed by atoms with Gasteiger partial charge in [-0.3, -0.25) is 9.80 Å². The molecule has 0 saturated carbocycles. The fourth-order valence-electron chi connectivity index (χ4n) is 3.76. The topological polar surface area (TPSA) is 33.5 Å². The molecule has 1 atom stereocenters. The van der Waals surface area contributed by atoms with Crippen LogP contribution in [0.3, 0.4) is 0 Å². The summed E-state index contributed by atoms with van der Waals surface area (Å²) in [5.74, 6) is 0.830. The molecule has 1 fully saturated rings. The van der Waals surface area contributed by atoms with Crippen molar-refractivity contribution in [1.82, 2.24) is 19.6 Å². The molecule has 2 heterocycles. The van der Waals surface area contributed by atoms with Crippen LogP contribution < -0.4 is 4.74 Å². The molecule has 2 aromatic carbocycles. The summed E-state index contributed by atoms with van der Waals surface area (Å²) in [6.07, 6.45) is 4.07. The number of hydrogen-bond donors (Lipinski definition) is 0. The van der Waals surface area contributed by atoms with Crippen molar-refractivity contribution in [2.45, 2.75) is 12.6 Å². The van der Waals surface area contributed by atoms with Crippen LogP contribution in [-0.2, 0) is 6.54 Å². The summed E-state index contributed by atoms with van der Waals surface area (Å²) in [7, 11) is 3.91. The van der Waals surface area contributed by atoms with Crippen LogP contribution in [0.5, 0.6) is 5.75 Å². The molecule has 5 nitrogen and oxygen atoms in total. The van der Waals surface area contributed by atoms with Crippen LogP contribution in [0.15, 0.2) is 67.0 Å². The van der Waals surface area contributed by atoms with Gasteiger partial charge in [-0.1, -0.05) is 42.5 Å². The van der Waals surface area contributed by atoms with Gasteiger partial charge in [0.15, 0.2) is 0 Å². The van der Waals surface area contributed by atoms with Crippen LogP contribution in [0.4, 0.5) is 0 Å². The summed E-state index contributed by atoms with van der Waals surface area (Å²) >= 11 is 0. The number of nitrogens with zero attached hydrogens (tertiary/aromatic N) is 4. The smallest absolute Gasteiger partial charge is 0.144 e. The highest BCUT2D eigenvalue weighted by molar-refractivity contribution is 5.46. The number of para-hydroxylation sites is 2. The van der Waals surface area contributed by atoms with Crippen LogP contribution >= 0.6 is 0 Å². The lowest BCUT2D eigenvalue weighted by molar-refractivity contribution is 0.0905. The Balaban J connectivity index is 1.48. The Kier molecular flexibility index (Phi) is 5.23. The van der Waals surface area contributed by atoms with Gasteiger partial charge >= 0.3 is 0 Å². The van der Waals surface area contributed by atoms with Crippen molar-refractivity contribution in [3.8, 4) is 11.4 Å². The molecule has 4 rings (SSSR count). The van der Waals surface area contributed by atoms with Crippen LogP contribution in [0, 0.1) is 0 Å². The maximum atomic E-state index is 5.46. The van der Waals surface area contributed by atoms with E-state index in [4.69, 9.17) is 4.74 Å². The van der Waals surface area contributed by atoms with E-state index in [0.29, 0.717) is 6.04 Å². The van der Waals surface area contributed by atoms with E-state index in [1.165, 1.54) is 11.1 Å². The van der Waals surface area contributed by atoms with Gasteiger partial charge < -0.3 is 4.74 Å².